The van der Waals surface area contributed by atoms with Crippen LogP contribution >= 0.6 is 0 Å². The molecule has 0 atom stereocenters. The average Bonchev–Trinajstić information content (AvgIpc) is 2.73. The van der Waals surface area contributed by atoms with Gasteiger partial charge in [0.25, 0.3) is 0 Å². The minimum atomic E-state index is -0.166. The Morgan fingerprint density at radius 3 is 2.28 bits per heavy atom. The maximum absolute atomic E-state index is 12.3. The SMILES string of the molecule is C=C(C)COc1ccccc1NC(=O)CNc1ccc(Oc2ccccc2)cc1. The number of hydrogen-bond donors (Lipinski definition) is 2. The van der Waals surface area contributed by atoms with E-state index in [0.717, 1.165) is 22.8 Å². The highest BCUT2D eigenvalue weighted by atomic mass is 16.5. The highest BCUT2D eigenvalue weighted by Crippen LogP contribution is 2.25. The van der Waals surface area contributed by atoms with Crippen LogP contribution in [-0.4, -0.2) is 19.1 Å². The van der Waals surface area contributed by atoms with E-state index in [4.69, 9.17) is 9.47 Å². The molecule has 0 aliphatic heterocycles. The molecule has 0 saturated heterocycles. The summed E-state index contributed by atoms with van der Waals surface area (Å²) in [6, 6.07) is 24.4. The van der Waals surface area contributed by atoms with Gasteiger partial charge >= 0.3 is 0 Å². The molecule has 5 heteroatoms. The van der Waals surface area contributed by atoms with Gasteiger partial charge in [-0.1, -0.05) is 36.9 Å². The number of hydrogen-bond acceptors (Lipinski definition) is 4. The summed E-state index contributed by atoms with van der Waals surface area (Å²) in [5, 5.41) is 5.97. The Kier molecular flexibility index (Phi) is 6.90. The number of carbonyl (C=O) groups is 1. The first-order valence-electron chi connectivity index (χ1n) is 9.33. The zero-order valence-corrected chi connectivity index (χ0v) is 16.4. The van der Waals surface area contributed by atoms with Gasteiger partial charge in [0.2, 0.25) is 5.91 Å². The van der Waals surface area contributed by atoms with Crippen LogP contribution in [0.2, 0.25) is 0 Å². The second-order valence-electron chi connectivity index (χ2n) is 6.58. The maximum Gasteiger partial charge on any atom is 0.243 e. The van der Waals surface area contributed by atoms with E-state index in [0.29, 0.717) is 18.0 Å². The van der Waals surface area contributed by atoms with Gasteiger partial charge in [-0.15, -0.1) is 0 Å². The average molecular weight is 388 g/mol. The van der Waals surface area contributed by atoms with Crippen molar-refractivity contribution in [3.63, 3.8) is 0 Å². The second kappa shape index (κ2) is 9.99. The summed E-state index contributed by atoms with van der Waals surface area (Å²) in [6.45, 7) is 6.25. The number of anilines is 2. The summed E-state index contributed by atoms with van der Waals surface area (Å²) in [6.07, 6.45) is 0. The quantitative estimate of drug-likeness (QED) is 0.476. The topological polar surface area (TPSA) is 59.6 Å². The van der Waals surface area contributed by atoms with Crippen LogP contribution < -0.4 is 20.1 Å². The highest BCUT2D eigenvalue weighted by Gasteiger charge is 2.08. The molecule has 29 heavy (non-hydrogen) atoms. The molecule has 0 aliphatic rings. The molecule has 0 bridgehead atoms. The lowest BCUT2D eigenvalue weighted by Gasteiger charge is -2.13. The van der Waals surface area contributed by atoms with Gasteiger partial charge in [-0.05, 0) is 61.0 Å². The predicted octanol–water partition coefficient (Wildman–Crippen LogP) is 5.48. The fourth-order valence-electron chi connectivity index (χ4n) is 2.54. The van der Waals surface area contributed by atoms with Gasteiger partial charge in [0, 0.05) is 5.69 Å². The van der Waals surface area contributed by atoms with Crippen LogP contribution in [0.25, 0.3) is 0 Å². The lowest BCUT2D eigenvalue weighted by atomic mass is 10.2. The zero-order chi connectivity index (χ0) is 20.5. The van der Waals surface area contributed by atoms with Crippen LogP contribution in [0.4, 0.5) is 11.4 Å². The summed E-state index contributed by atoms with van der Waals surface area (Å²) in [5.74, 6) is 1.96. The number of amides is 1. The van der Waals surface area contributed by atoms with Crippen LogP contribution in [0.15, 0.2) is 91.0 Å². The van der Waals surface area contributed by atoms with Gasteiger partial charge in [-0.25, -0.2) is 0 Å². The molecule has 0 spiro atoms. The molecule has 0 unspecified atom stereocenters. The van der Waals surface area contributed by atoms with Crippen molar-refractivity contribution >= 4 is 17.3 Å². The Morgan fingerprint density at radius 2 is 1.55 bits per heavy atom. The van der Waals surface area contributed by atoms with Gasteiger partial charge in [-0.2, -0.15) is 0 Å². The van der Waals surface area contributed by atoms with E-state index in [1.165, 1.54) is 0 Å². The van der Waals surface area contributed by atoms with Crippen molar-refractivity contribution in [1.29, 1.82) is 0 Å². The normalized spacial score (nSPS) is 10.1. The molecule has 3 aromatic carbocycles. The molecule has 0 aliphatic carbocycles. The van der Waals surface area contributed by atoms with Crippen LogP contribution in [-0.2, 0) is 4.79 Å². The van der Waals surface area contributed by atoms with E-state index in [2.05, 4.69) is 17.2 Å². The largest absolute Gasteiger partial charge is 0.487 e. The fraction of sp³-hybridized carbons (Fsp3) is 0.125. The molecular formula is C24H24N2O3. The molecule has 148 valence electrons. The summed E-state index contributed by atoms with van der Waals surface area (Å²) in [4.78, 5) is 12.3. The first-order valence-corrected chi connectivity index (χ1v) is 9.33. The molecule has 0 fully saturated rings. The fourth-order valence-corrected chi connectivity index (χ4v) is 2.54. The monoisotopic (exact) mass is 388 g/mol. The van der Waals surface area contributed by atoms with E-state index < -0.39 is 0 Å². The van der Waals surface area contributed by atoms with Crippen LogP contribution in [0.1, 0.15) is 6.92 Å². The van der Waals surface area contributed by atoms with Gasteiger partial charge < -0.3 is 20.1 Å². The molecule has 3 aromatic rings. The summed E-state index contributed by atoms with van der Waals surface area (Å²) in [7, 11) is 0. The molecule has 1 amide bonds. The van der Waals surface area contributed by atoms with Crippen molar-refractivity contribution in [2.45, 2.75) is 6.92 Å². The number of benzene rings is 3. The van der Waals surface area contributed by atoms with Crippen LogP contribution in [0, 0.1) is 0 Å². The first-order chi connectivity index (χ1) is 14.1. The van der Waals surface area contributed by atoms with Crippen molar-refractivity contribution < 1.29 is 14.3 Å². The molecule has 0 aromatic heterocycles. The summed E-state index contributed by atoms with van der Waals surface area (Å²) < 4.78 is 11.4. The second-order valence-corrected chi connectivity index (χ2v) is 6.58. The predicted molar refractivity (Wildman–Crippen MR) is 117 cm³/mol. The summed E-state index contributed by atoms with van der Waals surface area (Å²) >= 11 is 0. The zero-order valence-electron chi connectivity index (χ0n) is 16.4. The number of nitrogens with one attached hydrogen (secondary N) is 2. The van der Waals surface area contributed by atoms with E-state index in [9.17, 15) is 4.79 Å². The lowest BCUT2D eigenvalue weighted by Crippen LogP contribution is -2.22. The van der Waals surface area contributed by atoms with Gasteiger partial charge in [0.15, 0.2) is 0 Å². The molecule has 0 heterocycles. The third kappa shape index (κ3) is 6.43. The Morgan fingerprint density at radius 1 is 0.897 bits per heavy atom. The number of rotatable bonds is 9. The summed E-state index contributed by atoms with van der Waals surface area (Å²) in [5.41, 5.74) is 2.37. The lowest BCUT2D eigenvalue weighted by molar-refractivity contribution is -0.114. The minimum Gasteiger partial charge on any atom is -0.487 e. The van der Waals surface area contributed by atoms with Gasteiger partial charge in [-0.3, -0.25) is 4.79 Å². The minimum absolute atomic E-state index is 0.133. The van der Waals surface area contributed by atoms with Crippen molar-refractivity contribution in [2.75, 3.05) is 23.8 Å². The third-order valence-corrected chi connectivity index (χ3v) is 3.92. The maximum atomic E-state index is 12.3. The Bertz CT molecular complexity index is 953. The van der Waals surface area contributed by atoms with E-state index in [1.807, 2.05) is 79.7 Å². The number of carbonyl (C=O) groups excluding carboxylic acids is 1. The van der Waals surface area contributed by atoms with Crippen LogP contribution in [0.3, 0.4) is 0 Å². The standard InChI is InChI=1S/C24H24N2O3/c1-18(2)17-28-23-11-7-6-10-22(23)26-24(27)16-25-19-12-14-21(15-13-19)29-20-8-4-3-5-9-20/h3-15,25H,1,16-17H2,2H3,(H,26,27). The number of para-hydroxylation sites is 3. The molecule has 5 nitrogen and oxygen atoms in total. The first kappa shape index (κ1) is 20.0. The van der Waals surface area contributed by atoms with Crippen molar-refractivity contribution in [1.82, 2.24) is 0 Å². The Labute approximate surface area is 171 Å². The van der Waals surface area contributed by atoms with Gasteiger partial charge in [0.1, 0.15) is 23.9 Å². The van der Waals surface area contributed by atoms with Crippen molar-refractivity contribution in [3.05, 3.63) is 91.0 Å². The third-order valence-electron chi connectivity index (χ3n) is 3.92. The highest BCUT2D eigenvalue weighted by molar-refractivity contribution is 5.95. The molecule has 2 N–H and O–H groups in total. The smallest absolute Gasteiger partial charge is 0.243 e. The Balaban J connectivity index is 1.51. The van der Waals surface area contributed by atoms with E-state index in [1.54, 1.807) is 6.07 Å². The molecule has 0 saturated carbocycles. The van der Waals surface area contributed by atoms with E-state index >= 15 is 0 Å². The molecule has 3 rings (SSSR count). The Hall–Kier alpha value is -3.73. The van der Waals surface area contributed by atoms with Crippen molar-refractivity contribution in [2.24, 2.45) is 0 Å². The van der Waals surface area contributed by atoms with E-state index in [-0.39, 0.29) is 12.5 Å². The molecular weight excluding hydrogens is 364 g/mol. The van der Waals surface area contributed by atoms with Gasteiger partial charge in [0.05, 0.1) is 12.2 Å². The van der Waals surface area contributed by atoms with Crippen LogP contribution in [0.5, 0.6) is 17.2 Å². The molecule has 0 radical (unpaired) electrons. The van der Waals surface area contributed by atoms with Crippen molar-refractivity contribution in [3.8, 4) is 17.2 Å². The number of ether oxygens (including phenoxy) is 2.